The lowest BCUT2D eigenvalue weighted by atomic mass is 9.87. The summed E-state index contributed by atoms with van der Waals surface area (Å²) in [6.07, 6.45) is 1.70. The minimum absolute atomic E-state index is 0. The zero-order chi connectivity index (χ0) is 18.7. The number of nitrogens with one attached hydrogen (secondary N) is 2. The van der Waals surface area contributed by atoms with E-state index in [1.54, 1.807) is 4.68 Å². The third-order valence-electron chi connectivity index (χ3n) is 4.86. The van der Waals surface area contributed by atoms with Crippen LogP contribution in [0.1, 0.15) is 55.9 Å². The molecule has 0 radical (unpaired) electrons. The Kier molecular flexibility index (Phi) is 7.00. The van der Waals surface area contributed by atoms with Crippen molar-refractivity contribution in [3.8, 4) is 5.69 Å². The monoisotopic (exact) mass is 391 g/mol. The number of carbonyl (C=O) groups is 1. The summed E-state index contributed by atoms with van der Waals surface area (Å²) in [7, 11) is 0. The number of hydrogen-bond donors (Lipinski definition) is 2. The van der Waals surface area contributed by atoms with Gasteiger partial charge in [0.05, 0.1) is 11.4 Å². The number of aromatic nitrogens is 3. The second kappa shape index (κ2) is 8.85. The van der Waals surface area contributed by atoms with Gasteiger partial charge >= 0.3 is 0 Å². The lowest BCUT2D eigenvalue weighted by Crippen LogP contribution is -2.48. The van der Waals surface area contributed by atoms with E-state index in [1.807, 2.05) is 0 Å². The van der Waals surface area contributed by atoms with Crippen molar-refractivity contribution < 1.29 is 4.79 Å². The first-order chi connectivity index (χ1) is 12.4. The van der Waals surface area contributed by atoms with Gasteiger partial charge in [0.1, 0.15) is 0 Å². The molecule has 2 aromatic rings. The molecule has 1 fully saturated rings. The van der Waals surface area contributed by atoms with Crippen LogP contribution in [0.25, 0.3) is 5.69 Å². The van der Waals surface area contributed by atoms with Crippen molar-refractivity contribution in [2.45, 2.75) is 46.0 Å². The van der Waals surface area contributed by atoms with Gasteiger partial charge in [-0.1, -0.05) is 51.5 Å². The molecule has 2 N–H and O–H groups in total. The lowest BCUT2D eigenvalue weighted by molar-refractivity contribution is 0.0936. The standard InChI is InChI=1S/C20H29N5O.ClH/c1-5-6-17-18(19(26)22-13-14-11-21-12-14)23-24-25(17)16-9-7-15(8-10-16)20(2,3)4;/h7-10,14,21H,5-6,11-13H2,1-4H3,(H,22,26);1H. The van der Waals surface area contributed by atoms with Crippen LogP contribution < -0.4 is 10.6 Å². The Morgan fingerprint density at radius 2 is 1.93 bits per heavy atom. The number of halogens is 1. The number of benzene rings is 1. The van der Waals surface area contributed by atoms with Gasteiger partial charge < -0.3 is 10.6 Å². The van der Waals surface area contributed by atoms with Crippen molar-refractivity contribution >= 4 is 18.3 Å². The molecule has 0 saturated carbocycles. The Balaban J connectivity index is 0.00000261. The number of carbonyl (C=O) groups excluding carboxylic acids is 1. The zero-order valence-electron chi connectivity index (χ0n) is 16.6. The summed E-state index contributed by atoms with van der Waals surface area (Å²) >= 11 is 0. The molecular weight excluding hydrogens is 362 g/mol. The molecule has 7 heteroatoms. The number of amides is 1. The minimum Gasteiger partial charge on any atom is -0.350 e. The summed E-state index contributed by atoms with van der Waals surface area (Å²) in [6.45, 7) is 11.3. The third-order valence-corrected chi connectivity index (χ3v) is 4.86. The molecule has 1 aliphatic rings. The van der Waals surface area contributed by atoms with Gasteiger partial charge in [0.25, 0.3) is 5.91 Å². The first-order valence-electron chi connectivity index (χ1n) is 9.44. The lowest BCUT2D eigenvalue weighted by Gasteiger charge is -2.26. The van der Waals surface area contributed by atoms with E-state index in [-0.39, 0.29) is 23.7 Å². The summed E-state index contributed by atoms with van der Waals surface area (Å²) in [5.41, 5.74) is 3.63. The van der Waals surface area contributed by atoms with Crippen molar-refractivity contribution in [3.63, 3.8) is 0 Å². The van der Waals surface area contributed by atoms with Crippen molar-refractivity contribution in [3.05, 3.63) is 41.2 Å². The van der Waals surface area contributed by atoms with E-state index < -0.39 is 0 Å². The fourth-order valence-electron chi connectivity index (χ4n) is 3.06. The molecule has 0 bridgehead atoms. The van der Waals surface area contributed by atoms with Crippen LogP contribution in [0.2, 0.25) is 0 Å². The van der Waals surface area contributed by atoms with Crippen molar-refractivity contribution in [2.75, 3.05) is 19.6 Å². The highest BCUT2D eigenvalue weighted by Crippen LogP contribution is 2.24. The van der Waals surface area contributed by atoms with Crippen LogP contribution in [0, 0.1) is 5.92 Å². The summed E-state index contributed by atoms with van der Waals surface area (Å²) in [6, 6.07) is 8.35. The molecule has 2 heterocycles. The number of hydrogen-bond acceptors (Lipinski definition) is 4. The molecule has 0 spiro atoms. The van der Waals surface area contributed by atoms with E-state index >= 15 is 0 Å². The average molecular weight is 392 g/mol. The van der Waals surface area contributed by atoms with E-state index in [9.17, 15) is 4.79 Å². The molecule has 6 nitrogen and oxygen atoms in total. The van der Waals surface area contributed by atoms with Gasteiger partial charge in [-0.15, -0.1) is 17.5 Å². The van der Waals surface area contributed by atoms with Crippen LogP contribution in [0.5, 0.6) is 0 Å². The molecule has 1 aliphatic heterocycles. The molecule has 148 valence electrons. The highest BCUT2D eigenvalue weighted by molar-refractivity contribution is 5.93. The van der Waals surface area contributed by atoms with Crippen LogP contribution in [-0.2, 0) is 11.8 Å². The normalized spacial score (nSPS) is 14.4. The second-order valence-corrected chi connectivity index (χ2v) is 8.08. The van der Waals surface area contributed by atoms with Gasteiger partial charge in [-0.05, 0) is 29.5 Å². The van der Waals surface area contributed by atoms with Crippen LogP contribution in [0.15, 0.2) is 24.3 Å². The van der Waals surface area contributed by atoms with Gasteiger partial charge in [-0.2, -0.15) is 0 Å². The topological polar surface area (TPSA) is 71.8 Å². The SMILES string of the molecule is CCCc1c(C(=O)NCC2CNC2)nnn1-c1ccc(C(C)(C)C)cc1.Cl. The van der Waals surface area contributed by atoms with E-state index in [1.165, 1.54) is 5.56 Å². The van der Waals surface area contributed by atoms with E-state index in [0.717, 1.165) is 37.3 Å². The molecule has 3 rings (SSSR count). The number of nitrogens with zero attached hydrogens (tertiary/aromatic N) is 3. The molecule has 1 amide bonds. The van der Waals surface area contributed by atoms with Crippen molar-refractivity contribution in [2.24, 2.45) is 5.92 Å². The quantitative estimate of drug-likeness (QED) is 0.794. The van der Waals surface area contributed by atoms with E-state index in [0.29, 0.717) is 18.2 Å². The predicted molar refractivity (Wildman–Crippen MR) is 110 cm³/mol. The Hall–Kier alpha value is -1.92. The molecule has 27 heavy (non-hydrogen) atoms. The van der Waals surface area contributed by atoms with Gasteiger partial charge in [-0.3, -0.25) is 4.79 Å². The average Bonchev–Trinajstić information content (AvgIpc) is 2.97. The maximum atomic E-state index is 12.6. The van der Waals surface area contributed by atoms with Crippen LogP contribution in [0.4, 0.5) is 0 Å². The molecule has 0 aliphatic carbocycles. The highest BCUT2D eigenvalue weighted by Gasteiger charge is 2.23. The Bertz CT molecular complexity index is 760. The maximum Gasteiger partial charge on any atom is 0.273 e. The van der Waals surface area contributed by atoms with Gasteiger partial charge in [0.2, 0.25) is 0 Å². The second-order valence-electron chi connectivity index (χ2n) is 8.08. The highest BCUT2D eigenvalue weighted by atomic mass is 35.5. The van der Waals surface area contributed by atoms with E-state index in [4.69, 9.17) is 0 Å². The molecular formula is C20H30ClN5O. The number of rotatable bonds is 6. The molecule has 1 aromatic heterocycles. The Morgan fingerprint density at radius 3 is 2.44 bits per heavy atom. The largest absolute Gasteiger partial charge is 0.350 e. The molecule has 0 atom stereocenters. The third kappa shape index (κ3) is 4.87. The predicted octanol–water partition coefficient (Wildman–Crippen LogP) is 2.89. The summed E-state index contributed by atoms with van der Waals surface area (Å²) in [4.78, 5) is 12.6. The minimum atomic E-state index is -0.127. The van der Waals surface area contributed by atoms with Gasteiger partial charge in [0.15, 0.2) is 5.69 Å². The first-order valence-corrected chi connectivity index (χ1v) is 9.44. The van der Waals surface area contributed by atoms with Crippen LogP contribution >= 0.6 is 12.4 Å². The smallest absolute Gasteiger partial charge is 0.273 e. The van der Waals surface area contributed by atoms with E-state index in [2.05, 4.69) is 72.9 Å². The van der Waals surface area contributed by atoms with Crippen LogP contribution in [-0.4, -0.2) is 40.5 Å². The Labute approximate surface area is 167 Å². The molecule has 0 unspecified atom stereocenters. The first kappa shape index (κ1) is 21.4. The molecule has 1 aromatic carbocycles. The fourth-order valence-corrected chi connectivity index (χ4v) is 3.06. The summed E-state index contributed by atoms with van der Waals surface area (Å²) < 4.78 is 1.80. The van der Waals surface area contributed by atoms with Gasteiger partial charge in [-0.25, -0.2) is 4.68 Å². The molecule has 1 saturated heterocycles. The maximum absolute atomic E-state index is 12.6. The van der Waals surface area contributed by atoms with Crippen molar-refractivity contribution in [1.29, 1.82) is 0 Å². The fraction of sp³-hybridized carbons (Fsp3) is 0.550. The summed E-state index contributed by atoms with van der Waals surface area (Å²) in [5.74, 6) is 0.395. The van der Waals surface area contributed by atoms with Gasteiger partial charge in [0, 0.05) is 25.6 Å². The van der Waals surface area contributed by atoms with Crippen molar-refractivity contribution in [1.82, 2.24) is 25.6 Å². The zero-order valence-corrected chi connectivity index (χ0v) is 17.4. The Morgan fingerprint density at radius 1 is 1.26 bits per heavy atom. The summed E-state index contributed by atoms with van der Waals surface area (Å²) in [5, 5.41) is 14.7. The van der Waals surface area contributed by atoms with Crippen LogP contribution in [0.3, 0.4) is 0 Å².